The SMILES string of the molecule is CC(C)(C)[Si](OC1CCC(c2nnn3cnc4[nH]ccc4c23)CC1)(c1ccccc1)c1ccccc1.Cc1ccccc1C(=O)c1ncnc2[nH]ccc12. The van der Waals surface area contributed by atoms with Crippen molar-refractivity contribution in [2.45, 2.75) is 70.4 Å². The fraction of sp³-hybridized carbons (Fsp3) is 0.256. The first kappa shape index (κ1) is 35.3. The smallest absolute Gasteiger partial charge is 0.261 e. The summed E-state index contributed by atoms with van der Waals surface area (Å²) >= 11 is 0. The van der Waals surface area contributed by atoms with Gasteiger partial charge in [-0.05, 0) is 65.7 Å². The standard InChI is InChI=1S/C29H33N5OSi.C14H11N3O/c1-29(2,3)36(23-10-6-4-7-11-23,24-12-8-5-9-13-24)35-22-16-14-21(15-17-22)26-27-25-18-19-30-28(25)31-20-34(27)33-32-26;1-9-4-2-3-5-10(9)13(18)12-11-6-7-15-14(11)17-8-16-12/h4-13,18-22,30H,14-17H2,1-3H3;2-8H,1H3,(H,15,16,17). The molecular weight excluding hydrogens is 689 g/mol. The molecule has 9 rings (SSSR count). The van der Waals surface area contributed by atoms with Gasteiger partial charge < -0.3 is 14.4 Å². The highest BCUT2D eigenvalue weighted by Crippen LogP contribution is 2.42. The van der Waals surface area contributed by atoms with Crippen molar-refractivity contribution in [2.24, 2.45) is 0 Å². The number of hydrogen-bond acceptors (Lipinski definition) is 7. The molecular formula is C43H44N8O2Si. The molecule has 1 aliphatic carbocycles. The van der Waals surface area contributed by atoms with E-state index in [-0.39, 0.29) is 16.9 Å². The fourth-order valence-electron chi connectivity index (χ4n) is 8.10. The molecule has 0 bridgehead atoms. The molecule has 0 aliphatic heterocycles. The zero-order chi connectivity index (χ0) is 37.3. The van der Waals surface area contributed by atoms with Gasteiger partial charge in [-0.1, -0.05) is 111 Å². The Morgan fingerprint density at radius 2 is 1.37 bits per heavy atom. The topological polar surface area (TPSA) is 127 Å². The number of aromatic amines is 2. The van der Waals surface area contributed by atoms with E-state index in [1.807, 2.05) is 48.0 Å². The van der Waals surface area contributed by atoms with Crippen LogP contribution >= 0.6 is 0 Å². The number of nitrogens with zero attached hydrogens (tertiary/aromatic N) is 6. The first-order valence-corrected chi connectivity index (χ1v) is 20.5. The summed E-state index contributed by atoms with van der Waals surface area (Å²) in [4.78, 5) is 31.3. The molecule has 5 aromatic heterocycles. The molecule has 0 saturated heterocycles. The van der Waals surface area contributed by atoms with Gasteiger partial charge in [-0.3, -0.25) is 4.79 Å². The number of aromatic nitrogens is 8. The van der Waals surface area contributed by atoms with Crippen LogP contribution in [0.25, 0.3) is 27.6 Å². The average molecular weight is 733 g/mol. The molecule has 1 saturated carbocycles. The minimum atomic E-state index is -2.54. The molecule has 1 fully saturated rings. The number of aryl methyl sites for hydroxylation is 1. The van der Waals surface area contributed by atoms with Gasteiger partial charge in [-0.2, -0.15) is 0 Å². The van der Waals surface area contributed by atoms with Crippen LogP contribution < -0.4 is 10.4 Å². The van der Waals surface area contributed by atoms with Gasteiger partial charge in [-0.15, -0.1) is 5.10 Å². The van der Waals surface area contributed by atoms with Crippen molar-refractivity contribution in [1.82, 2.24) is 39.7 Å². The maximum Gasteiger partial charge on any atom is 0.261 e. The number of benzene rings is 3. The van der Waals surface area contributed by atoms with E-state index < -0.39 is 8.32 Å². The molecule has 8 aromatic rings. The summed E-state index contributed by atoms with van der Waals surface area (Å²) < 4.78 is 9.23. The van der Waals surface area contributed by atoms with Crippen molar-refractivity contribution in [1.29, 1.82) is 0 Å². The van der Waals surface area contributed by atoms with Gasteiger partial charge in [0, 0.05) is 40.8 Å². The Balaban J connectivity index is 0.000000192. The van der Waals surface area contributed by atoms with Crippen LogP contribution in [0.4, 0.5) is 0 Å². The Labute approximate surface area is 315 Å². The maximum absolute atomic E-state index is 12.5. The molecule has 0 atom stereocenters. The van der Waals surface area contributed by atoms with Crippen molar-refractivity contribution >= 4 is 52.1 Å². The molecule has 1 aliphatic rings. The molecule has 0 spiro atoms. The molecule has 0 amide bonds. The summed E-state index contributed by atoms with van der Waals surface area (Å²) in [5, 5.41) is 13.5. The first-order valence-electron chi connectivity index (χ1n) is 18.6. The number of carbonyl (C=O) groups excluding carboxylic acids is 1. The van der Waals surface area contributed by atoms with Gasteiger partial charge >= 0.3 is 0 Å². The molecule has 11 heteroatoms. The third kappa shape index (κ3) is 6.43. The van der Waals surface area contributed by atoms with Crippen LogP contribution in [-0.2, 0) is 4.43 Å². The molecule has 0 unspecified atom stereocenters. The van der Waals surface area contributed by atoms with Crippen LogP contribution in [0.5, 0.6) is 0 Å². The van der Waals surface area contributed by atoms with Gasteiger partial charge in [-0.25, -0.2) is 19.5 Å². The van der Waals surface area contributed by atoms with E-state index in [1.165, 1.54) is 16.7 Å². The van der Waals surface area contributed by atoms with Crippen LogP contribution in [0.1, 0.15) is 79.7 Å². The minimum Gasteiger partial charge on any atom is -0.404 e. The zero-order valence-corrected chi connectivity index (χ0v) is 32.0. The van der Waals surface area contributed by atoms with Crippen LogP contribution in [0.3, 0.4) is 0 Å². The third-order valence-corrected chi connectivity index (χ3v) is 15.9. The Morgan fingerprint density at radius 3 is 2.02 bits per heavy atom. The number of nitrogens with one attached hydrogen (secondary N) is 2. The van der Waals surface area contributed by atoms with Gasteiger partial charge in [0.05, 0.1) is 5.69 Å². The van der Waals surface area contributed by atoms with Gasteiger partial charge in [0.25, 0.3) is 8.32 Å². The molecule has 5 heterocycles. The second-order valence-electron chi connectivity index (χ2n) is 15.1. The molecule has 272 valence electrons. The van der Waals surface area contributed by atoms with E-state index in [0.717, 1.165) is 58.9 Å². The lowest BCUT2D eigenvalue weighted by Crippen LogP contribution is -2.67. The lowest BCUT2D eigenvalue weighted by atomic mass is 9.85. The summed E-state index contributed by atoms with van der Waals surface area (Å²) in [6, 6.07) is 33.3. The normalized spacial score (nSPS) is 16.4. The van der Waals surface area contributed by atoms with Crippen molar-refractivity contribution in [3.63, 3.8) is 0 Å². The van der Waals surface area contributed by atoms with Crippen LogP contribution in [0.2, 0.25) is 5.04 Å². The predicted molar refractivity (Wildman–Crippen MR) is 215 cm³/mol. The van der Waals surface area contributed by atoms with E-state index in [9.17, 15) is 4.79 Å². The van der Waals surface area contributed by atoms with E-state index in [4.69, 9.17) is 4.43 Å². The van der Waals surface area contributed by atoms with Crippen LogP contribution in [0, 0.1) is 6.92 Å². The second-order valence-corrected chi connectivity index (χ2v) is 19.4. The Hall–Kier alpha value is -5.78. The number of ketones is 1. The zero-order valence-electron chi connectivity index (χ0n) is 31.0. The highest BCUT2D eigenvalue weighted by Gasteiger charge is 2.51. The average Bonchev–Trinajstić information content (AvgIpc) is 3.98. The number of hydrogen-bond donors (Lipinski definition) is 2. The van der Waals surface area contributed by atoms with Gasteiger partial charge in [0.2, 0.25) is 5.78 Å². The Kier molecular flexibility index (Phi) is 9.51. The molecule has 3 aromatic carbocycles. The summed E-state index contributed by atoms with van der Waals surface area (Å²) in [7, 11) is -2.54. The molecule has 0 radical (unpaired) electrons. The number of H-pyrrole nitrogens is 2. The summed E-state index contributed by atoms with van der Waals surface area (Å²) in [5.74, 6) is 0.308. The molecule has 2 N–H and O–H groups in total. The first-order chi connectivity index (χ1) is 26.2. The van der Waals surface area contributed by atoms with Crippen molar-refractivity contribution in [3.8, 4) is 0 Å². The molecule has 54 heavy (non-hydrogen) atoms. The number of fused-ring (bicyclic) bond motifs is 4. The summed E-state index contributed by atoms with van der Waals surface area (Å²) in [6.45, 7) is 8.97. The summed E-state index contributed by atoms with van der Waals surface area (Å²) in [5.41, 5.74) is 5.80. The van der Waals surface area contributed by atoms with Gasteiger partial charge in [0.1, 0.15) is 35.2 Å². The Bertz CT molecular complexity index is 2490. The monoisotopic (exact) mass is 732 g/mol. The van der Waals surface area contributed by atoms with Crippen molar-refractivity contribution < 1.29 is 9.22 Å². The second kappa shape index (κ2) is 14.6. The Morgan fingerprint density at radius 1 is 0.759 bits per heavy atom. The predicted octanol–water partition coefficient (Wildman–Crippen LogP) is 7.71. The summed E-state index contributed by atoms with van der Waals surface area (Å²) in [6.07, 6.45) is 11.2. The quantitative estimate of drug-likeness (QED) is 0.127. The van der Waals surface area contributed by atoms with E-state index in [2.05, 4.69) is 123 Å². The number of rotatable bonds is 7. The fourth-order valence-corrected chi connectivity index (χ4v) is 12.8. The van der Waals surface area contributed by atoms with E-state index >= 15 is 0 Å². The molecule has 10 nitrogen and oxygen atoms in total. The van der Waals surface area contributed by atoms with Crippen LogP contribution in [-0.4, -0.2) is 60.0 Å². The minimum absolute atomic E-state index is 0.0105. The lowest BCUT2D eigenvalue weighted by molar-refractivity contribution is 0.103. The highest BCUT2D eigenvalue weighted by atomic mass is 28.4. The largest absolute Gasteiger partial charge is 0.404 e. The maximum atomic E-state index is 12.5. The lowest BCUT2D eigenvalue weighted by Gasteiger charge is -2.46. The van der Waals surface area contributed by atoms with Gasteiger partial charge in [0.15, 0.2) is 0 Å². The van der Waals surface area contributed by atoms with Crippen molar-refractivity contribution in [3.05, 3.63) is 145 Å². The van der Waals surface area contributed by atoms with E-state index in [0.29, 0.717) is 22.8 Å². The van der Waals surface area contributed by atoms with E-state index in [1.54, 1.807) is 12.5 Å². The third-order valence-electron chi connectivity index (χ3n) is 10.8. The number of carbonyl (C=O) groups is 1. The highest BCUT2D eigenvalue weighted by molar-refractivity contribution is 6.99. The van der Waals surface area contributed by atoms with Crippen LogP contribution in [0.15, 0.2) is 122 Å². The van der Waals surface area contributed by atoms with Crippen molar-refractivity contribution in [2.75, 3.05) is 0 Å².